The molecule has 2 aromatic rings. The van der Waals surface area contributed by atoms with Gasteiger partial charge in [0.1, 0.15) is 17.0 Å². The van der Waals surface area contributed by atoms with E-state index in [9.17, 15) is 14.4 Å². The highest BCUT2D eigenvalue weighted by molar-refractivity contribution is 6.02. The van der Waals surface area contributed by atoms with Crippen LogP contribution in [0.15, 0.2) is 66.4 Å². The highest BCUT2D eigenvalue weighted by Crippen LogP contribution is 2.35. The minimum atomic E-state index is -0.702. The Morgan fingerprint density at radius 3 is 2.50 bits per heavy atom. The Bertz CT molecular complexity index is 1240. The maximum atomic E-state index is 14.0. The number of aryl methyl sites for hydroxylation is 1. The number of dihydropyridines is 1. The number of carbonyl (C=O) groups is 3. The lowest BCUT2D eigenvalue weighted by Crippen LogP contribution is -2.35. The fourth-order valence-electron chi connectivity index (χ4n) is 4.22. The maximum absolute atomic E-state index is 14.0. The van der Waals surface area contributed by atoms with E-state index in [4.69, 9.17) is 14.2 Å². The van der Waals surface area contributed by atoms with Gasteiger partial charge in [-0.25, -0.2) is 9.59 Å². The van der Waals surface area contributed by atoms with Gasteiger partial charge in [0.05, 0.1) is 25.8 Å². The molecule has 1 heterocycles. The summed E-state index contributed by atoms with van der Waals surface area (Å²) in [6.07, 6.45) is 5.75. The third-order valence-electron chi connectivity index (χ3n) is 6.05. The minimum Gasteiger partial charge on any atom is -0.497 e. The Morgan fingerprint density at radius 1 is 1.08 bits per heavy atom. The predicted molar refractivity (Wildman–Crippen MR) is 147 cm³/mol. The molecule has 8 nitrogen and oxygen atoms in total. The third-order valence-corrected chi connectivity index (χ3v) is 6.05. The van der Waals surface area contributed by atoms with Crippen LogP contribution in [0.2, 0.25) is 0 Å². The largest absolute Gasteiger partial charge is 0.497 e. The van der Waals surface area contributed by atoms with E-state index in [1.165, 1.54) is 14.2 Å². The van der Waals surface area contributed by atoms with E-state index < -0.39 is 23.6 Å². The highest BCUT2D eigenvalue weighted by Gasteiger charge is 2.30. The molecule has 0 spiro atoms. The molecule has 0 aromatic heterocycles. The minimum absolute atomic E-state index is 0.109. The first-order valence-corrected chi connectivity index (χ1v) is 12.6. The summed E-state index contributed by atoms with van der Waals surface area (Å²) in [5.74, 6) is -0.751. The maximum Gasteiger partial charge on any atom is 0.412 e. The van der Waals surface area contributed by atoms with Crippen molar-refractivity contribution >= 4 is 23.5 Å². The van der Waals surface area contributed by atoms with E-state index in [2.05, 4.69) is 10.6 Å². The average Bonchev–Trinajstić information content (AvgIpc) is 2.90. The van der Waals surface area contributed by atoms with E-state index in [0.717, 1.165) is 12.0 Å². The number of anilines is 1. The molecule has 3 rings (SSSR count). The molecule has 8 heteroatoms. The van der Waals surface area contributed by atoms with Crippen molar-refractivity contribution in [3.05, 3.63) is 83.1 Å². The van der Waals surface area contributed by atoms with Crippen LogP contribution < -0.4 is 15.4 Å². The molecule has 0 radical (unpaired) electrons. The molecule has 2 atom stereocenters. The van der Waals surface area contributed by atoms with E-state index in [-0.39, 0.29) is 11.8 Å². The van der Waals surface area contributed by atoms with Gasteiger partial charge in [0, 0.05) is 17.7 Å². The molecule has 202 valence electrons. The molecule has 0 saturated carbocycles. The zero-order valence-corrected chi connectivity index (χ0v) is 22.8. The summed E-state index contributed by atoms with van der Waals surface area (Å²) < 4.78 is 15.7. The summed E-state index contributed by atoms with van der Waals surface area (Å²) in [5.41, 5.74) is 2.23. The Labute approximate surface area is 224 Å². The van der Waals surface area contributed by atoms with Crippen LogP contribution >= 0.6 is 0 Å². The van der Waals surface area contributed by atoms with Gasteiger partial charge in [0.15, 0.2) is 5.78 Å². The predicted octanol–water partition coefficient (Wildman–Crippen LogP) is 5.55. The number of hydrogen-bond acceptors (Lipinski definition) is 7. The van der Waals surface area contributed by atoms with E-state index in [1.54, 1.807) is 57.2 Å². The Morgan fingerprint density at radius 2 is 1.84 bits per heavy atom. The van der Waals surface area contributed by atoms with E-state index >= 15 is 0 Å². The number of ketones is 1. The number of ether oxygens (including phenoxy) is 3. The number of allylic oxidation sites excluding steroid dienone is 2. The van der Waals surface area contributed by atoms with Gasteiger partial charge in [-0.1, -0.05) is 43.3 Å². The number of hydrogen-bond donors (Lipinski definition) is 2. The molecule has 38 heavy (non-hydrogen) atoms. The first-order chi connectivity index (χ1) is 18.0. The first kappa shape index (κ1) is 28.5. The molecule has 1 aliphatic rings. The lowest BCUT2D eigenvalue weighted by Gasteiger charge is -2.27. The van der Waals surface area contributed by atoms with Gasteiger partial charge in [0.25, 0.3) is 0 Å². The molecule has 0 bridgehead atoms. The number of carbonyl (C=O) groups excluding carboxylic acids is 3. The second-order valence-electron chi connectivity index (χ2n) is 9.99. The van der Waals surface area contributed by atoms with Crippen molar-refractivity contribution in [3.8, 4) is 5.75 Å². The smallest absolute Gasteiger partial charge is 0.412 e. The zero-order chi connectivity index (χ0) is 27.9. The number of esters is 1. The number of nitrogens with one attached hydrogen (secondary N) is 2. The van der Waals surface area contributed by atoms with Crippen molar-refractivity contribution in [3.63, 3.8) is 0 Å². The van der Waals surface area contributed by atoms with Crippen LogP contribution in [0.25, 0.3) is 0 Å². The number of amides is 1. The summed E-state index contributed by atoms with van der Waals surface area (Å²) in [5, 5.41) is 5.97. The van der Waals surface area contributed by atoms with Crippen molar-refractivity contribution in [2.45, 2.75) is 58.1 Å². The molecule has 2 N–H and O–H groups in total. The Balaban J connectivity index is 2.04. The molecule has 2 aromatic carbocycles. The molecule has 0 saturated heterocycles. The molecule has 1 aliphatic heterocycles. The summed E-state index contributed by atoms with van der Waals surface area (Å²) in [6, 6.07) is 12.4. The topological polar surface area (TPSA) is 103 Å². The van der Waals surface area contributed by atoms with Gasteiger partial charge in [-0.3, -0.25) is 10.1 Å². The van der Waals surface area contributed by atoms with Crippen molar-refractivity contribution in [2.75, 3.05) is 19.5 Å². The molecule has 2 unspecified atom stereocenters. The van der Waals surface area contributed by atoms with Gasteiger partial charge >= 0.3 is 12.1 Å². The first-order valence-electron chi connectivity index (χ1n) is 12.6. The monoisotopic (exact) mass is 520 g/mol. The molecular weight excluding hydrogens is 484 g/mol. The Kier molecular flexibility index (Phi) is 9.34. The Hall–Kier alpha value is -4.07. The van der Waals surface area contributed by atoms with Crippen molar-refractivity contribution in [1.29, 1.82) is 0 Å². The SMILES string of the molecule is CCc1cccc(C(=O)C(CC2C=CC=C(C(=O)OC)N2)c2ccc(OC)cc2NC(=O)OC(C)(C)C)c1. The second-order valence-corrected chi connectivity index (χ2v) is 9.99. The summed E-state index contributed by atoms with van der Waals surface area (Å²) >= 11 is 0. The molecular formula is C30H36N2O6. The van der Waals surface area contributed by atoms with Gasteiger partial charge in [-0.2, -0.15) is 0 Å². The van der Waals surface area contributed by atoms with Crippen LogP contribution in [0, 0.1) is 0 Å². The van der Waals surface area contributed by atoms with Gasteiger partial charge in [0.2, 0.25) is 0 Å². The normalized spacial score (nSPS) is 15.5. The molecule has 1 amide bonds. The fourth-order valence-corrected chi connectivity index (χ4v) is 4.22. The van der Waals surface area contributed by atoms with E-state index in [1.807, 2.05) is 31.2 Å². The number of benzene rings is 2. The van der Waals surface area contributed by atoms with Crippen molar-refractivity contribution < 1.29 is 28.6 Å². The fraction of sp³-hybridized carbons (Fsp3) is 0.367. The zero-order valence-electron chi connectivity index (χ0n) is 22.8. The quantitative estimate of drug-likeness (QED) is 0.330. The summed E-state index contributed by atoms with van der Waals surface area (Å²) in [6.45, 7) is 7.36. The average molecular weight is 521 g/mol. The summed E-state index contributed by atoms with van der Waals surface area (Å²) in [4.78, 5) is 38.9. The molecule has 0 fully saturated rings. The van der Waals surface area contributed by atoms with E-state index in [0.29, 0.717) is 34.7 Å². The van der Waals surface area contributed by atoms with Crippen molar-refractivity contribution in [1.82, 2.24) is 5.32 Å². The van der Waals surface area contributed by atoms with Crippen LogP contribution in [0.4, 0.5) is 10.5 Å². The number of rotatable bonds is 9. The number of Topliss-reactive ketones (excluding diaryl/α,β-unsaturated/α-hetero) is 1. The van der Waals surface area contributed by atoms with Gasteiger partial charge in [-0.15, -0.1) is 0 Å². The third kappa shape index (κ3) is 7.47. The van der Waals surface area contributed by atoms with Gasteiger partial charge in [-0.05, 0) is 62.9 Å². The van der Waals surface area contributed by atoms with Gasteiger partial charge < -0.3 is 19.5 Å². The van der Waals surface area contributed by atoms with Crippen molar-refractivity contribution in [2.24, 2.45) is 0 Å². The summed E-state index contributed by atoms with van der Waals surface area (Å²) in [7, 11) is 2.85. The molecule has 0 aliphatic carbocycles. The van der Waals surface area contributed by atoms with Crippen LogP contribution in [0.5, 0.6) is 5.75 Å². The van der Waals surface area contributed by atoms with Crippen LogP contribution in [-0.4, -0.2) is 43.7 Å². The lowest BCUT2D eigenvalue weighted by molar-refractivity contribution is -0.136. The van der Waals surface area contributed by atoms with Crippen LogP contribution in [0.3, 0.4) is 0 Å². The van der Waals surface area contributed by atoms with Crippen LogP contribution in [0.1, 0.15) is 61.5 Å². The standard InChI is InChI=1S/C30H36N2O6/c1-7-19-10-8-11-20(16-19)27(33)24(17-21-12-9-13-25(31-21)28(34)37-6)23-15-14-22(36-5)18-26(23)32-29(35)38-30(2,3)4/h8-16,18,21,24,31H,7,17H2,1-6H3,(H,32,35). The van der Waals surface area contributed by atoms with Crippen LogP contribution in [-0.2, 0) is 20.7 Å². The highest BCUT2D eigenvalue weighted by atomic mass is 16.6. The lowest BCUT2D eigenvalue weighted by atomic mass is 9.83. The second kappa shape index (κ2) is 12.4. The number of methoxy groups -OCH3 is 2.